The number of thioether (sulfide) groups is 1. The molecule has 0 saturated heterocycles. The van der Waals surface area contributed by atoms with Gasteiger partial charge in [0.1, 0.15) is 17.0 Å². The predicted octanol–water partition coefficient (Wildman–Crippen LogP) is 2.80. The van der Waals surface area contributed by atoms with Crippen molar-refractivity contribution >= 4 is 23.3 Å². The topological polar surface area (TPSA) is 63.5 Å². The molecule has 0 fully saturated rings. The van der Waals surface area contributed by atoms with Crippen LogP contribution < -0.4 is 10.9 Å². The molecule has 3 aromatic rings. The van der Waals surface area contributed by atoms with Crippen molar-refractivity contribution in [3.8, 4) is 0 Å². The number of aromatic nitrogens is 2. The maximum Gasteiger partial charge on any atom is 0.270 e. The van der Waals surface area contributed by atoms with Gasteiger partial charge in [-0.2, -0.15) is 0 Å². The molecule has 3 heterocycles. The lowest BCUT2D eigenvalue weighted by molar-refractivity contribution is 0.0932. The Balaban J connectivity index is 1.67. The molecule has 7 heteroatoms. The Morgan fingerprint density at radius 1 is 1.28 bits per heavy atom. The zero-order valence-corrected chi connectivity index (χ0v) is 13.9. The molecule has 1 N–H and O–H groups in total. The van der Waals surface area contributed by atoms with E-state index in [2.05, 4.69) is 10.3 Å². The van der Waals surface area contributed by atoms with Crippen LogP contribution in [0.3, 0.4) is 0 Å². The van der Waals surface area contributed by atoms with E-state index in [-0.39, 0.29) is 17.4 Å². The van der Waals surface area contributed by atoms with Crippen LogP contribution in [0.25, 0.3) is 5.65 Å². The second kappa shape index (κ2) is 6.33. The molecule has 0 bridgehead atoms. The number of benzene rings is 1. The van der Waals surface area contributed by atoms with Crippen LogP contribution in [0.1, 0.15) is 28.4 Å². The smallest absolute Gasteiger partial charge is 0.270 e. The van der Waals surface area contributed by atoms with Crippen molar-refractivity contribution < 1.29 is 9.18 Å². The lowest BCUT2D eigenvalue weighted by atomic mass is 10.0. The van der Waals surface area contributed by atoms with Gasteiger partial charge in [-0.05, 0) is 30.2 Å². The highest BCUT2D eigenvalue weighted by Crippen LogP contribution is 2.37. The van der Waals surface area contributed by atoms with E-state index >= 15 is 0 Å². The van der Waals surface area contributed by atoms with Crippen LogP contribution >= 0.6 is 11.8 Å². The number of fused-ring (bicyclic) bond motifs is 2. The van der Waals surface area contributed by atoms with Crippen LogP contribution in [-0.2, 0) is 0 Å². The Labute approximate surface area is 146 Å². The van der Waals surface area contributed by atoms with Crippen molar-refractivity contribution in [2.45, 2.75) is 17.4 Å². The number of carbonyl (C=O) groups excluding carboxylic acids is 1. The molecular weight excluding hydrogens is 341 g/mol. The number of amides is 1. The van der Waals surface area contributed by atoms with Gasteiger partial charge in [0.25, 0.3) is 11.5 Å². The van der Waals surface area contributed by atoms with Crippen molar-refractivity contribution in [3.63, 3.8) is 0 Å². The Kier molecular flexibility index (Phi) is 4.01. The molecule has 1 aromatic carbocycles. The van der Waals surface area contributed by atoms with E-state index in [9.17, 15) is 14.0 Å². The van der Waals surface area contributed by atoms with E-state index < -0.39 is 11.5 Å². The molecular formula is C18H14FN3O2S. The SMILES string of the molecule is O=C(N[C@@H]1CCSc2c(F)cccc21)c1cnc2ccccn2c1=O. The minimum Gasteiger partial charge on any atom is -0.345 e. The molecule has 1 atom stereocenters. The van der Waals surface area contributed by atoms with Gasteiger partial charge in [-0.15, -0.1) is 11.8 Å². The first-order valence-corrected chi connectivity index (χ1v) is 8.82. The van der Waals surface area contributed by atoms with E-state index in [0.717, 1.165) is 5.56 Å². The van der Waals surface area contributed by atoms with Gasteiger partial charge in [-0.1, -0.05) is 18.2 Å². The molecule has 0 unspecified atom stereocenters. The van der Waals surface area contributed by atoms with E-state index in [0.29, 0.717) is 22.7 Å². The quantitative estimate of drug-likeness (QED) is 0.768. The molecule has 126 valence electrons. The zero-order chi connectivity index (χ0) is 17.4. The lowest BCUT2D eigenvalue weighted by Crippen LogP contribution is -2.35. The summed E-state index contributed by atoms with van der Waals surface area (Å²) in [7, 11) is 0. The van der Waals surface area contributed by atoms with Gasteiger partial charge < -0.3 is 5.32 Å². The molecule has 1 aliphatic heterocycles. The molecule has 4 rings (SSSR count). The maximum absolute atomic E-state index is 13.9. The fraction of sp³-hybridized carbons (Fsp3) is 0.167. The molecule has 5 nitrogen and oxygen atoms in total. The molecule has 1 amide bonds. The molecule has 0 radical (unpaired) electrons. The minimum atomic E-state index is -0.497. The molecule has 0 spiro atoms. The molecule has 1 aliphatic rings. The summed E-state index contributed by atoms with van der Waals surface area (Å²) in [6.07, 6.45) is 3.54. The molecule has 25 heavy (non-hydrogen) atoms. The van der Waals surface area contributed by atoms with Crippen molar-refractivity contribution in [3.05, 3.63) is 76.1 Å². The highest BCUT2D eigenvalue weighted by atomic mass is 32.2. The first kappa shape index (κ1) is 15.8. The normalized spacial score (nSPS) is 16.4. The average molecular weight is 355 g/mol. The van der Waals surface area contributed by atoms with Crippen molar-refractivity contribution in [2.24, 2.45) is 0 Å². The van der Waals surface area contributed by atoms with Crippen molar-refractivity contribution in [1.82, 2.24) is 14.7 Å². The highest BCUT2D eigenvalue weighted by Gasteiger charge is 2.25. The first-order valence-electron chi connectivity index (χ1n) is 7.83. The standard InChI is InChI=1S/C18H14FN3O2S/c19-13-5-3-4-11-14(7-9-25-16(11)13)21-17(23)12-10-20-15-6-1-2-8-22(15)18(12)24/h1-6,8,10,14H,7,9H2,(H,21,23)/t14-/m1/s1. The third kappa shape index (κ3) is 2.80. The van der Waals surface area contributed by atoms with E-state index in [4.69, 9.17) is 0 Å². The second-order valence-electron chi connectivity index (χ2n) is 5.73. The van der Waals surface area contributed by atoms with Gasteiger partial charge in [0.2, 0.25) is 0 Å². The number of pyridine rings is 1. The summed E-state index contributed by atoms with van der Waals surface area (Å²) < 4.78 is 15.3. The van der Waals surface area contributed by atoms with Crippen LogP contribution in [0.4, 0.5) is 4.39 Å². The summed E-state index contributed by atoms with van der Waals surface area (Å²) in [4.78, 5) is 29.8. The predicted molar refractivity (Wildman–Crippen MR) is 93.4 cm³/mol. The zero-order valence-electron chi connectivity index (χ0n) is 13.1. The van der Waals surface area contributed by atoms with Crippen LogP contribution in [-0.4, -0.2) is 21.0 Å². The summed E-state index contributed by atoms with van der Waals surface area (Å²) in [5.74, 6) is -0.0786. The molecule has 2 aromatic heterocycles. The van der Waals surface area contributed by atoms with Crippen LogP contribution in [0.2, 0.25) is 0 Å². The Morgan fingerprint density at radius 2 is 2.16 bits per heavy atom. The van der Waals surface area contributed by atoms with E-state index in [1.807, 2.05) is 0 Å². The van der Waals surface area contributed by atoms with Crippen molar-refractivity contribution in [2.75, 3.05) is 5.75 Å². The van der Waals surface area contributed by atoms with Crippen LogP contribution in [0, 0.1) is 5.82 Å². The van der Waals surface area contributed by atoms with Crippen molar-refractivity contribution in [1.29, 1.82) is 0 Å². The number of rotatable bonds is 2. The van der Waals surface area contributed by atoms with Gasteiger partial charge >= 0.3 is 0 Å². The molecule has 0 aliphatic carbocycles. The third-order valence-electron chi connectivity index (χ3n) is 4.19. The van der Waals surface area contributed by atoms with Gasteiger partial charge in [-0.3, -0.25) is 14.0 Å². The van der Waals surface area contributed by atoms with Crippen LogP contribution in [0.5, 0.6) is 0 Å². The van der Waals surface area contributed by atoms with Crippen LogP contribution in [0.15, 0.2) is 58.5 Å². The highest BCUT2D eigenvalue weighted by molar-refractivity contribution is 7.99. The van der Waals surface area contributed by atoms with E-state index in [1.54, 1.807) is 36.5 Å². The van der Waals surface area contributed by atoms with E-state index in [1.165, 1.54) is 28.4 Å². The van der Waals surface area contributed by atoms with Gasteiger partial charge in [0, 0.05) is 23.0 Å². The Bertz CT molecular complexity index is 1030. The molecule has 0 saturated carbocycles. The largest absolute Gasteiger partial charge is 0.345 e. The summed E-state index contributed by atoms with van der Waals surface area (Å²) in [5, 5.41) is 2.85. The first-order chi connectivity index (χ1) is 12.1. The lowest BCUT2D eigenvalue weighted by Gasteiger charge is -2.26. The summed E-state index contributed by atoms with van der Waals surface area (Å²) >= 11 is 1.44. The number of nitrogens with zero attached hydrogens (tertiary/aromatic N) is 2. The monoisotopic (exact) mass is 355 g/mol. The number of halogens is 1. The minimum absolute atomic E-state index is 0.0279. The fourth-order valence-corrected chi connectivity index (χ4v) is 4.10. The Hall–Kier alpha value is -2.67. The summed E-state index contributed by atoms with van der Waals surface area (Å²) in [6.45, 7) is 0. The average Bonchev–Trinajstić information content (AvgIpc) is 2.63. The number of hydrogen-bond acceptors (Lipinski definition) is 4. The van der Waals surface area contributed by atoms with Gasteiger partial charge in [-0.25, -0.2) is 9.37 Å². The maximum atomic E-state index is 13.9. The second-order valence-corrected chi connectivity index (χ2v) is 6.83. The fourth-order valence-electron chi connectivity index (χ4n) is 2.95. The number of hydrogen-bond donors (Lipinski definition) is 1. The summed E-state index contributed by atoms with van der Waals surface area (Å²) in [6, 6.07) is 9.69. The number of carbonyl (C=O) groups is 1. The number of nitrogens with one attached hydrogen (secondary N) is 1. The Morgan fingerprint density at radius 3 is 3.04 bits per heavy atom. The summed E-state index contributed by atoms with van der Waals surface area (Å²) in [5.41, 5.74) is 0.775. The van der Waals surface area contributed by atoms with Gasteiger partial charge in [0.15, 0.2) is 0 Å². The third-order valence-corrected chi connectivity index (χ3v) is 5.35. The van der Waals surface area contributed by atoms with Gasteiger partial charge in [0.05, 0.1) is 6.04 Å².